The molecule has 0 spiro atoms. The van der Waals surface area contributed by atoms with Crippen LogP contribution in [-0.4, -0.2) is 25.0 Å². The highest BCUT2D eigenvalue weighted by Crippen LogP contribution is 2.39. The number of fused-ring (bicyclic) bond motifs is 2. The Bertz CT molecular complexity index is 1200. The van der Waals surface area contributed by atoms with Gasteiger partial charge in [-0.05, 0) is 32.1 Å². The van der Waals surface area contributed by atoms with Gasteiger partial charge in [-0.3, -0.25) is 4.98 Å². The zero-order chi connectivity index (χ0) is 18.4. The van der Waals surface area contributed by atoms with E-state index in [0.29, 0.717) is 11.5 Å². The fourth-order valence-corrected chi connectivity index (χ4v) is 3.71. The molecular weight excluding hydrogens is 340 g/mol. The summed E-state index contributed by atoms with van der Waals surface area (Å²) in [5.41, 5.74) is 2.78. The normalized spacial score (nSPS) is 21.9. The molecule has 6 nitrogen and oxygen atoms in total. The van der Waals surface area contributed by atoms with Gasteiger partial charge in [-0.15, -0.1) is 0 Å². The van der Waals surface area contributed by atoms with Crippen LogP contribution in [-0.2, 0) is 0 Å². The van der Waals surface area contributed by atoms with Crippen LogP contribution in [0.4, 0.5) is 0 Å². The van der Waals surface area contributed by atoms with E-state index in [1.807, 2.05) is 37.4 Å². The zero-order valence-electron chi connectivity index (χ0n) is 15.0. The summed E-state index contributed by atoms with van der Waals surface area (Å²) in [6.07, 6.45) is 17.1. The molecule has 4 aromatic rings. The molecule has 0 amide bonds. The topological polar surface area (TPSA) is 65.5 Å². The standard InChI is InChI=1S/C21H18N4O2/c1-14-18(25-11-10-22-17(25)13-24-14)16-5-3-4-8-21(16,2)27-20-19-15(6-9-23-20)7-12-26-19/h3-13,16H,1-2H3. The van der Waals surface area contributed by atoms with Crippen molar-refractivity contribution >= 4 is 16.6 Å². The van der Waals surface area contributed by atoms with Crippen LogP contribution < -0.4 is 4.74 Å². The van der Waals surface area contributed by atoms with Crippen LogP contribution in [0.3, 0.4) is 0 Å². The second-order valence-corrected chi connectivity index (χ2v) is 6.85. The number of hydrogen-bond acceptors (Lipinski definition) is 5. The van der Waals surface area contributed by atoms with Crippen molar-refractivity contribution in [2.45, 2.75) is 25.4 Å². The minimum absolute atomic E-state index is 0.0695. The molecule has 2 unspecified atom stereocenters. The molecule has 0 radical (unpaired) electrons. The van der Waals surface area contributed by atoms with Crippen molar-refractivity contribution in [1.82, 2.24) is 19.4 Å². The highest BCUT2D eigenvalue weighted by molar-refractivity contribution is 5.81. The molecule has 0 N–H and O–H groups in total. The van der Waals surface area contributed by atoms with E-state index in [1.165, 1.54) is 0 Å². The van der Waals surface area contributed by atoms with Gasteiger partial charge in [-0.1, -0.05) is 18.2 Å². The van der Waals surface area contributed by atoms with Gasteiger partial charge in [-0.25, -0.2) is 9.97 Å². The second kappa shape index (κ2) is 5.81. The van der Waals surface area contributed by atoms with Gasteiger partial charge in [0.25, 0.3) is 5.88 Å². The number of aromatic nitrogens is 4. The summed E-state index contributed by atoms with van der Waals surface area (Å²) in [5.74, 6) is 0.410. The van der Waals surface area contributed by atoms with Crippen molar-refractivity contribution in [2.75, 3.05) is 0 Å². The minimum atomic E-state index is -0.659. The summed E-state index contributed by atoms with van der Waals surface area (Å²) in [6.45, 7) is 4.06. The molecule has 27 heavy (non-hydrogen) atoms. The van der Waals surface area contributed by atoms with Crippen molar-refractivity contribution in [3.8, 4) is 5.88 Å². The molecule has 0 fully saturated rings. The summed E-state index contributed by atoms with van der Waals surface area (Å²) in [5, 5.41) is 0.963. The Morgan fingerprint density at radius 2 is 2.07 bits per heavy atom. The van der Waals surface area contributed by atoms with Gasteiger partial charge in [0.05, 0.1) is 29.8 Å². The fraction of sp³-hybridized carbons (Fsp3) is 0.190. The summed E-state index contributed by atoms with van der Waals surface area (Å²) in [6, 6.07) is 3.81. The first-order valence-corrected chi connectivity index (χ1v) is 8.81. The van der Waals surface area contributed by atoms with Crippen LogP contribution in [0, 0.1) is 6.92 Å². The molecule has 2 atom stereocenters. The minimum Gasteiger partial charge on any atom is -0.463 e. The molecule has 0 saturated carbocycles. The molecule has 6 heteroatoms. The van der Waals surface area contributed by atoms with Crippen molar-refractivity contribution in [3.05, 3.63) is 78.9 Å². The van der Waals surface area contributed by atoms with Crippen molar-refractivity contribution in [2.24, 2.45) is 0 Å². The number of imidazole rings is 1. The van der Waals surface area contributed by atoms with E-state index in [4.69, 9.17) is 9.15 Å². The van der Waals surface area contributed by atoms with Crippen molar-refractivity contribution in [1.29, 1.82) is 0 Å². The smallest absolute Gasteiger partial charge is 0.259 e. The lowest BCUT2D eigenvalue weighted by molar-refractivity contribution is 0.115. The van der Waals surface area contributed by atoms with Crippen LogP contribution in [0.25, 0.3) is 16.6 Å². The van der Waals surface area contributed by atoms with Crippen molar-refractivity contribution in [3.63, 3.8) is 0 Å². The molecule has 0 aromatic carbocycles. The summed E-state index contributed by atoms with van der Waals surface area (Å²) in [7, 11) is 0. The third kappa shape index (κ3) is 2.44. The van der Waals surface area contributed by atoms with Crippen LogP contribution >= 0.6 is 0 Å². The number of ether oxygens (including phenoxy) is 1. The SMILES string of the molecule is Cc1ncc2nccn2c1C1C=CC=CC1(C)Oc1nccc2ccoc12. The van der Waals surface area contributed by atoms with E-state index >= 15 is 0 Å². The Morgan fingerprint density at radius 3 is 3.00 bits per heavy atom. The quantitative estimate of drug-likeness (QED) is 0.548. The third-order valence-corrected chi connectivity index (χ3v) is 5.08. The maximum Gasteiger partial charge on any atom is 0.259 e. The number of allylic oxidation sites excluding steroid dienone is 2. The predicted molar refractivity (Wildman–Crippen MR) is 102 cm³/mol. The van der Waals surface area contributed by atoms with Crippen LogP contribution in [0.5, 0.6) is 5.88 Å². The maximum absolute atomic E-state index is 6.46. The Labute approximate surface area is 155 Å². The average molecular weight is 358 g/mol. The first-order valence-electron chi connectivity index (χ1n) is 8.81. The maximum atomic E-state index is 6.46. The molecule has 5 rings (SSSR count). The summed E-state index contributed by atoms with van der Waals surface area (Å²) < 4.78 is 14.1. The highest BCUT2D eigenvalue weighted by Gasteiger charge is 2.38. The molecule has 4 aromatic heterocycles. The number of rotatable bonds is 3. The monoisotopic (exact) mass is 358 g/mol. The number of nitrogens with zero attached hydrogens (tertiary/aromatic N) is 4. The molecule has 134 valence electrons. The Balaban J connectivity index is 1.64. The lowest BCUT2D eigenvalue weighted by Gasteiger charge is -2.36. The molecule has 0 aliphatic heterocycles. The lowest BCUT2D eigenvalue weighted by Crippen LogP contribution is -2.39. The molecule has 0 bridgehead atoms. The van der Waals surface area contributed by atoms with E-state index in [-0.39, 0.29) is 5.92 Å². The van der Waals surface area contributed by atoms with Gasteiger partial charge in [0.1, 0.15) is 5.60 Å². The highest BCUT2D eigenvalue weighted by atomic mass is 16.5. The molecular formula is C21H18N4O2. The number of hydrogen-bond donors (Lipinski definition) is 0. The van der Waals surface area contributed by atoms with Gasteiger partial charge in [0, 0.05) is 24.0 Å². The van der Waals surface area contributed by atoms with Gasteiger partial charge >= 0.3 is 0 Å². The van der Waals surface area contributed by atoms with Crippen LogP contribution in [0.15, 0.2) is 71.9 Å². The Morgan fingerprint density at radius 1 is 1.15 bits per heavy atom. The first-order chi connectivity index (χ1) is 13.2. The third-order valence-electron chi connectivity index (χ3n) is 5.08. The average Bonchev–Trinajstić information content (AvgIpc) is 3.32. The molecule has 1 aliphatic carbocycles. The molecule has 0 saturated heterocycles. The van der Waals surface area contributed by atoms with Crippen LogP contribution in [0.2, 0.25) is 0 Å². The van der Waals surface area contributed by atoms with E-state index < -0.39 is 5.60 Å². The zero-order valence-corrected chi connectivity index (χ0v) is 15.0. The first kappa shape index (κ1) is 15.8. The molecule has 4 heterocycles. The Hall–Kier alpha value is -3.41. The van der Waals surface area contributed by atoms with Gasteiger partial charge in [-0.2, -0.15) is 0 Å². The van der Waals surface area contributed by atoms with E-state index in [2.05, 4.69) is 38.4 Å². The lowest BCUT2D eigenvalue weighted by atomic mass is 9.82. The van der Waals surface area contributed by atoms with Gasteiger partial charge in [0.15, 0.2) is 11.2 Å². The number of aryl methyl sites for hydroxylation is 1. The number of pyridine rings is 1. The van der Waals surface area contributed by atoms with E-state index in [1.54, 1.807) is 24.9 Å². The summed E-state index contributed by atoms with van der Waals surface area (Å²) in [4.78, 5) is 13.3. The number of furan rings is 1. The van der Waals surface area contributed by atoms with Crippen LogP contribution in [0.1, 0.15) is 24.2 Å². The predicted octanol–water partition coefficient (Wildman–Crippen LogP) is 4.23. The van der Waals surface area contributed by atoms with E-state index in [9.17, 15) is 0 Å². The molecule has 1 aliphatic rings. The van der Waals surface area contributed by atoms with Crippen molar-refractivity contribution < 1.29 is 9.15 Å². The largest absolute Gasteiger partial charge is 0.463 e. The van der Waals surface area contributed by atoms with E-state index in [0.717, 1.165) is 22.4 Å². The van der Waals surface area contributed by atoms with Gasteiger partial charge < -0.3 is 13.6 Å². The fourth-order valence-electron chi connectivity index (χ4n) is 3.71. The Kier molecular flexibility index (Phi) is 3.40. The summed E-state index contributed by atoms with van der Waals surface area (Å²) >= 11 is 0. The van der Waals surface area contributed by atoms with Gasteiger partial charge in [0.2, 0.25) is 0 Å². The second-order valence-electron chi connectivity index (χ2n) is 6.85.